The number of rotatable bonds is 8. The van der Waals surface area contributed by atoms with Gasteiger partial charge in [-0.25, -0.2) is 4.99 Å². The van der Waals surface area contributed by atoms with Crippen LogP contribution >= 0.6 is 11.8 Å². The largest absolute Gasteiger partial charge is 0.356 e. The SMILES string of the molecule is CSCCCNC(=NCc1nnc(C)n1C)N(C)CC1CCC(C)CC1. The molecule has 1 N–H and O–H groups in total. The van der Waals surface area contributed by atoms with E-state index in [1.807, 2.05) is 30.3 Å². The third kappa shape index (κ3) is 6.49. The highest BCUT2D eigenvalue weighted by Crippen LogP contribution is 2.28. The van der Waals surface area contributed by atoms with Crippen LogP contribution in [0.2, 0.25) is 0 Å². The maximum atomic E-state index is 4.85. The Balaban J connectivity index is 1.96. The average molecular weight is 381 g/mol. The number of aromatic nitrogens is 3. The van der Waals surface area contributed by atoms with Gasteiger partial charge in [-0.2, -0.15) is 11.8 Å². The van der Waals surface area contributed by atoms with E-state index >= 15 is 0 Å². The predicted octanol–water partition coefficient (Wildman–Crippen LogP) is 3.08. The Morgan fingerprint density at radius 3 is 2.65 bits per heavy atom. The van der Waals surface area contributed by atoms with Gasteiger partial charge < -0.3 is 14.8 Å². The molecule has 0 aliphatic heterocycles. The molecule has 2 rings (SSSR count). The second kappa shape index (κ2) is 10.8. The molecule has 0 amide bonds. The van der Waals surface area contributed by atoms with Crippen LogP contribution in [-0.4, -0.2) is 57.8 Å². The molecule has 0 unspecified atom stereocenters. The Labute approximate surface area is 163 Å². The van der Waals surface area contributed by atoms with Gasteiger partial charge in [-0.05, 0) is 50.0 Å². The third-order valence-corrected chi connectivity index (χ3v) is 6.09. The minimum atomic E-state index is 0.564. The van der Waals surface area contributed by atoms with Crippen molar-refractivity contribution in [1.82, 2.24) is 25.0 Å². The van der Waals surface area contributed by atoms with E-state index in [2.05, 4.69) is 40.6 Å². The van der Waals surface area contributed by atoms with E-state index in [9.17, 15) is 0 Å². The molecule has 0 aromatic carbocycles. The van der Waals surface area contributed by atoms with Crippen molar-refractivity contribution >= 4 is 17.7 Å². The fraction of sp³-hybridized carbons (Fsp3) is 0.842. The smallest absolute Gasteiger partial charge is 0.194 e. The van der Waals surface area contributed by atoms with E-state index in [0.717, 1.165) is 49.0 Å². The lowest BCUT2D eigenvalue weighted by Gasteiger charge is -2.31. The molecule has 1 heterocycles. The average Bonchev–Trinajstić information content (AvgIpc) is 2.95. The van der Waals surface area contributed by atoms with Crippen LogP contribution in [0.1, 0.15) is 50.7 Å². The van der Waals surface area contributed by atoms with Crippen LogP contribution in [0.5, 0.6) is 0 Å². The second-order valence-corrected chi connectivity index (χ2v) is 8.63. The van der Waals surface area contributed by atoms with Gasteiger partial charge >= 0.3 is 0 Å². The van der Waals surface area contributed by atoms with Crippen molar-refractivity contribution in [1.29, 1.82) is 0 Å². The molecule has 0 radical (unpaired) electrons. The quantitative estimate of drug-likeness (QED) is 0.427. The number of guanidine groups is 1. The highest BCUT2D eigenvalue weighted by Gasteiger charge is 2.20. The summed E-state index contributed by atoms with van der Waals surface area (Å²) in [6.07, 6.45) is 8.72. The summed E-state index contributed by atoms with van der Waals surface area (Å²) in [5.41, 5.74) is 0. The second-order valence-electron chi connectivity index (χ2n) is 7.64. The lowest BCUT2D eigenvalue weighted by molar-refractivity contribution is 0.250. The van der Waals surface area contributed by atoms with Crippen LogP contribution in [0.25, 0.3) is 0 Å². The van der Waals surface area contributed by atoms with Gasteiger partial charge in [0.1, 0.15) is 12.4 Å². The number of aryl methyl sites for hydroxylation is 1. The maximum Gasteiger partial charge on any atom is 0.194 e. The minimum Gasteiger partial charge on any atom is -0.356 e. The molecule has 1 aliphatic rings. The monoisotopic (exact) mass is 380 g/mol. The van der Waals surface area contributed by atoms with Crippen LogP contribution in [0.15, 0.2) is 4.99 Å². The summed E-state index contributed by atoms with van der Waals surface area (Å²) in [5.74, 6) is 5.68. The first kappa shape index (κ1) is 21.1. The molecule has 1 saturated carbocycles. The van der Waals surface area contributed by atoms with Gasteiger partial charge in [0.25, 0.3) is 0 Å². The minimum absolute atomic E-state index is 0.564. The number of hydrogen-bond acceptors (Lipinski definition) is 4. The lowest BCUT2D eigenvalue weighted by atomic mass is 9.83. The van der Waals surface area contributed by atoms with E-state index in [0.29, 0.717) is 6.54 Å². The van der Waals surface area contributed by atoms with Gasteiger partial charge in [0.2, 0.25) is 0 Å². The maximum absolute atomic E-state index is 4.85. The van der Waals surface area contributed by atoms with Gasteiger partial charge in [0, 0.05) is 27.2 Å². The molecule has 1 aliphatic carbocycles. The molecule has 0 atom stereocenters. The Morgan fingerprint density at radius 1 is 1.31 bits per heavy atom. The first-order valence-corrected chi connectivity index (χ1v) is 11.2. The normalized spacial score (nSPS) is 21.0. The van der Waals surface area contributed by atoms with Crippen molar-refractivity contribution in [2.24, 2.45) is 23.9 Å². The molecule has 1 fully saturated rings. The molecule has 0 spiro atoms. The molecule has 0 saturated heterocycles. The zero-order valence-electron chi connectivity index (χ0n) is 17.2. The summed E-state index contributed by atoms with van der Waals surface area (Å²) in [5, 5.41) is 11.9. The fourth-order valence-electron chi connectivity index (χ4n) is 3.45. The molecular weight excluding hydrogens is 344 g/mol. The van der Waals surface area contributed by atoms with Gasteiger partial charge in [-0.1, -0.05) is 19.8 Å². The zero-order valence-corrected chi connectivity index (χ0v) is 18.0. The first-order chi connectivity index (χ1) is 12.5. The van der Waals surface area contributed by atoms with Crippen LogP contribution in [-0.2, 0) is 13.6 Å². The van der Waals surface area contributed by atoms with Crippen molar-refractivity contribution in [3.8, 4) is 0 Å². The van der Waals surface area contributed by atoms with Crippen molar-refractivity contribution in [2.45, 2.75) is 52.5 Å². The van der Waals surface area contributed by atoms with Crippen LogP contribution in [0, 0.1) is 18.8 Å². The Hall–Kier alpha value is -1.24. The van der Waals surface area contributed by atoms with Crippen LogP contribution in [0.4, 0.5) is 0 Å². The third-order valence-electron chi connectivity index (χ3n) is 5.39. The van der Waals surface area contributed by atoms with Crippen LogP contribution in [0.3, 0.4) is 0 Å². The first-order valence-electron chi connectivity index (χ1n) is 9.84. The molecule has 148 valence electrons. The highest BCUT2D eigenvalue weighted by atomic mass is 32.2. The Morgan fingerprint density at radius 2 is 2.04 bits per heavy atom. The zero-order chi connectivity index (χ0) is 18.9. The predicted molar refractivity (Wildman–Crippen MR) is 112 cm³/mol. The summed E-state index contributed by atoms with van der Waals surface area (Å²) in [4.78, 5) is 7.16. The van der Waals surface area contributed by atoms with Gasteiger partial charge in [-0.15, -0.1) is 10.2 Å². The Bertz CT molecular complexity index is 562. The summed E-state index contributed by atoms with van der Waals surface area (Å²) in [6.45, 7) is 6.96. The molecule has 6 nitrogen and oxygen atoms in total. The van der Waals surface area contributed by atoms with Crippen LogP contribution < -0.4 is 5.32 Å². The summed E-state index contributed by atoms with van der Waals surface area (Å²) < 4.78 is 2.01. The molecule has 1 aromatic rings. The van der Waals surface area contributed by atoms with E-state index < -0.39 is 0 Å². The molecule has 0 bridgehead atoms. The summed E-state index contributed by atoms with van der Waals surface area (Å²) in [6, 6.07) is 0. The molecule has 1 aromatic heterocycles. The highest BCUT2D eigenvalue weighted by molar-refractivity contribution is 7.98. The number of nitrogens with one attached hydrogen (secondary N) is 1. The molecule has 7 heteroatoms. The number of thioether (sulfide) groups is 1. The van der Waals surface area contributed by atoms with E-state index in [1.165, 1.54) is 31.4 Å². The van der Waals surface area contributed by atoms with Gasteiger partial charge in [-0.3, -0.25) is 0 Å². The van der Waals surface area contributed by atoms with Gasteiger partial charge in [0.15, 0.2) is 11.8 Å². The Kier molecular flexibility index (Phi) is 8.75. The van der Waals surface area contributed by atoms with E-state index in [4.69, 9.17) is 4.99 Å². The topological polar surface area (TPSA) is 58.3 Å². The molecular formula is C19H36N6S. The summed E-state index contributed by atoms with van der Waals surface area (Å²) in [7, 11) is 4.17. The lowest BCUT2D eigenvalue weighted by Crippen LogP contribution is -2.42. The van der Waals surface area contributed by atoms with Crippen molar-refractivity contribution < 1.29 is 0 Å². The number of nitrogens with zero attached hydrogens (tertiary/aromatic N) is 5. The van der Waals surface area contributed by atoms with Gasteiger partial charge in [0.05, 0.1) is 0 Å². The van der Waals surface area contributed by atoms with E-state index in [-0.39, 0.29) is 0 Å². The molecule has 26 heavy (non-hydrogen) atoms. The number of hydrogen-bond donors (Lipinski definition) is 1. The summed E-state index contributed by atoms with van der Waals surface area (Å²) >= 11 is 1.89. The van der Waals surface area contributed by atoms with Crippen molar-refractivity contribution in [3.63, 3.8) is 0 Å². The number of aliphatic imine (C=N–C) groups is 1. The van der Waals surface area contributed by atoms with Crippen molar-refractivity contribution in [3.05, 3.63) is 11.6 Å². The van der Waals surface area contributed by atoms with Crippen molar-refractivity contribution in [2.75, 3.05) is 32.1 Å². The standard InChI is InChI=1S/C19H36N6S/c1-15-7-9-17(10-8-15)14-24(3)19(20-11-6-12-26-5)21-13-18-23-22-16(2)25(18)4/h15,17H,6-14H2,1-5H3,(H,20,21). The van der Waals surface area contributed by atoms with E-state index in [1.54, 1.807) is 0 Å². The fourth-order valence-corrected chi connectivity index (χ4v) is 3.88.